The first kappa shape index (κ1) is 20.8. The minimum absolute atomic E-state index is 0.180. The molecule has 2 aromatic carbocycles. The Morgan fingerprint density at radius 3 is 2.15 bits per heavy atom. The number of esters is 1. The largest absolute Gasteiger partial charge is 0.469 e. The van der Waals surface area contributed by atoms with Crippen LogP contribution < -0.4 is 16.8 Å². The second-order valence-corrected chi connectivity index (χ2v) is 5.63. The van der Waals surface area contributed by atoms with Gasteiger partial charge in [-0.15, -0.1) is 0 Å². The van der Waals surface area contributed by atoms with Gasteiger partial charge in [0.1, 0.15) is 0 Å². The molecule has 0 radical (unpaired) electrons. The maximum atomic E-state index is 11.2. The summed E-state index contributed by atoms with van der Waals surface area (Å²) in [5, 5.41) is 2.54. The van der Waals surface area contributed by atoms with E-state index in [0.717, 1.165) is 28.1 Å². The summed E-state index contributed by atoms with van der Waals surface area (Å²) < 4.78 is 9.09. The van der Waals surface area contributed by atoms with Crippen molar-refractivity contribution in [2.24, 2.45) is 0 Å². The molecule has 0 bridgehead atoms. The summed E-state index contributed by atoms with van der Waals surface area (Å²) in [6.07, 6.45) is -0.364. The third-order valence-corrected chi connectivity index (χ3v) is 3.65. The number of aryl methyl sites for hydroxylation is 2. The van der Waals surface area contributed by atoms with Crippen molar-refractivity contribution in [1.82, 2.24) is 0 Å². The van der Waals surface area contributed by atoms with Crippen LogP contribution in [0.15, 0.2) is 36.4 Å². The van der Waals surface area contributed by atoms with E-state index in [4.69, 9.17) is 11.5 Å². The maximum absolute atomic E-state index is 11.2. The number of hydrogen-bond donors (Lipinski definition) is 3. The molecule has 7 heteroatoms. The van der Waals surface area contributed by atoms with Gasteiger partial charge in [0.15, 0.2) is 0 Å². The number of nitrogen functional groups attached to an aromatic ring is 2. The van der Waals surface area contributed by atoms with E-state index in [1.807, 2.05) is 32.0 Å². The number of carbonyl (C=O) groups excluding carboxylic acids is 2. The molecule has 7 nitrogen and oxygen atoms in total. The number of anilines is 3. The van der Waals surface area contributed by atoms with E-state index in [-0.39, 0.29) is 12.4 Å². The first-order chi connectivity index (χ1) is 12.3. The van der Waals surface area contributed by atoms with Crippen LogP contribution in [0, 0.1) is 13.8 Å². The Hall–Kier alpha value is -3.22. The lowest BCUT2D eigenvalue weighted by Gasteiger charge is -2.08. The lowest BCUT2D eigenvalue weighted by atomic mass is 10.1. The lowest BCUT2D eigenvalue weighted by Crippen LogP contribution is -2.12. The highest BCUT2D eigenvalue weighted by Crippen LogP contribution is 2.16. The van der Waals surface area contributed by atoms with Crippen molar-refractivity contribution in [3.63, 3.8) is 0 Å². The third kappa shape index (κ3) is 6.72. The zero-order valence-electron chi connectivity index (χ0n) is 15.5. The first-order valence-corrected chi connectivity index (χ1v) is 7.89. The van der Waals surface area contributed by atoms with Crippen LogP contribution in [-0.4, -0.2) is 26.3 Å². The van der Waals surface area contributed by atoms with Crippen LogP contribution in [0.25, 0.3) is 0 Å². The van der Waals surface area contributed by atoms with Crippen molar-refractivity contribution in [3.05, 3.63) is 53.1 Å². The number of rotatable bonds is 3. The minimum atomic E-state index is -0.544. The van der Waals surface area contributed by atoms with Gasteiger partial charge in [0.05, 0.1) is 20.6 Å². The predicted molar refractivity (Wildman–Crippen MR) is 103 cm³/mol. The van der Waals surface area contributed by atoms with Gasteiger partial charge in [0, 0.05) is 17.1 Å². The Morgan fingerprint density at radius 2 is 1.62 bits per heavy atom. The number of hydrogen-bond acceptors (Lipinski definition) is 6. The van der Waals surface area contributed by atoms with Crippen molar-refractivity contribution < 1.29 is 19.1 Å². The fourth-order valence-electron chi connectivity index (χ4n) is 2.00. The number of nitrogens with two attached hydrogens (primary N) is 2. The standard InChI is InChI=1S/C12H15NO4.C7H10N2/c1-8-4-5-10(13-12(15)17-3)6-9(8)7-11(14)16-2;1-5-2-3-6(8)4-7(5)9/h4-6H,7H2,1-3H3,(H,13,15);2-4H,8-9H2,1H3. The van der Waals surface area contributed by atoms with Gasteiger partial charge in [0.25, 0.3) is 0 Å². The predicted octanol–water partition coefficient (Wildman–Crippen LogP) is 3.05. The number of ether oxygens (including phenoxy) is 2. The Labute approximate surface area is 153 Å². The van der Waals surface area contributed by atoms with Crippen molar-refractivity contribution in [2.45, 2.75) is 20.3 Å². The summed E-state index contributed by atoms with van der Waals surface area (Å²) in [5.74, 6) is -0.316. The van der Waals surface area contributed by atoms with E-state index in [9.17, 15) is 9.59 Å². The fourth-order valence-corrected chi connectivity index (χ4v) is 2.00. The molecule has 5 N–H and O–H groups in total. The van der Waals surface area contributed by atoms with Crippen LogP contribution in [0.4, 0.5) is 21.9 Å². The molecule has 0 spiro atoms. The second kappa shape index (κ2) is 9.93. The molecule has 0 fully saturated rings. The molecule has 1 amide bonds. The maximum Gasteiger partial charge on any atom is 0.411 e. The average Bonchev–Trinajstić information content (AvgIpc) is 2.61. The van der Waals surface area contributed by atoms with E-state index in [1.54, 1.807) is 18.2 Å². The van der Waals surface area contributed by atoms with Gasteiger partial charge < -0.3 is 20.9 Å². The number of carbonyl (C=O) groups is 2. The number of methoxy groups -OCH3 is 2. The molecule has 140 valence electrons. The van der Waals surface area contributed by atoms with Crippen LogP contribution in [0.3, 0.4) is 0 Å². The molecule has 0 saturated heterocycles. The third-order valence-electron chi connectivity index (χ3n) is 3.65. The summed E-state index contributed by atoms with van der Waals surface area (Å²) in [4.78, 5) is 22.2. The molecule has 0 aromatic heterocycles. The number of benzene rings is 2. The SMILES string of the molecule is COC(=O)Cc1cc(NC(=O)OC)ccc1C.Cc1ccc(N)cc1N. The van der Waals surface area contributed by atoms with E-state index in [0.29, 0.717) is 5.69 Å². The van der Waals surface area contributed by atoms with Gasteiger partial charge in [0.2, 0.25) is 0 Å². The molecule has 26 heavy (non-hydrogen) atoms. The number of nitrogens with one attached hydrogen (secondary N) is 1. The van der Waals surface area contributed by atoms with Gasteiger partial charge >= 0.3 is 12.1 Å². The molecule has 2 rings (SSSR count). The highest BCUT2D eigenvalue weighted by Gasteiger charge is 2.08. The molecular weight excluding hydrogens is 334 g/mol. The minimum Gasteiger partial charge on any atom is -0.469 e. The van der Waals surface area contributed by atoms with Crippen LogP contribution in [0.1, 0.15) is 16.7 Å². The topological polar surface area (TPSA) is 117 Å². The molecule has 0 aliphatic rings. The summed E-state index contributed by atoms with van der Waals surface area (Å²) in [6.45, 7) is 3.84. The normalized spacial score (nSPS) is 9.54. The summed E-state index contributed by atoms with van der Waals surface area (Å²) in [5.41, 5.74) is 15.9. The van der Waals surface area contributed by atoms with Crippen LogP contribution in [0.5, 0.6) is 0 Å². The van der Waals surface area contributed by atoms with Gasteiger partial charge in [-0.3, -0.25) is 10.1 Å². The summed E-state index contributed by atoms with van der Waals surface area (Å²) in [7, 11) is 2.63. The molecule has 0 saturated carbocycles. The van der Waals surface area contributed by atoms with E-state index in [1.165, 1.54) is 14.2 Å². The molecule has 0 atom stereocenters. The summed E-state index contributed by atoms with van der Waals surface area (Å²) in [6, 6.07) is 10.8. The van der Waals surface area contributed by atoms with Crippen molar-refractivity contribution >= 4 is 29.1 Å². The van der Waals surface area contributed by atoms with E-state index >= 15 is 0 Å². The smallest absolute Gasteiger partial charge is 0.411 e. The van der Waals surface area contributed by atoms with Crippen molar-refractivity contribution in [1.29, 1.82) is 0 Å². The van der Waals surface area contributed by atoms with Crippen LogP contribution >= 0.6 is 0 Å². The lowest BCUT2D eigenvalue weighted by molar-refractivity contribution is -0.139. The quantitative estimate of drug-likeness (QED) is 0.573. The van der Waals surface area contributed by atoms with Crippen molar-refractivity contribution in [2.75, 3.05) is 31.0 Å². The van der Waals surface area contributed by atoms with Gasteiger partial charge in [-0.1, -0.05) is 12.1 Å². The fraction of sp³-hybridized carbons (Fsp3) is 0.263. The zero-order valence-corrected chi connectivity index (χ0v) is 15.5. The second-order valence-electron chi connectivity index (χ2n) is 5.63. The Kier molecular flexibility index (Phi) is 7.95. The number of amides is 1. The average molecular weight is 359 g/mol. The zero-order chi connectivity index (χ0) is 19.7. The van der Waals surface area contributed by atoms with Gasteiger partial charge in [-0.2, -0.15) is 0 Å². The molecular formula is C19H25N3O4. The molecule has 0 heterocycles. The van der Waals surface area contributed by atoms with Gasteiger partial charge in [-0.05, 0) is 54.8 Å². The molecule has 0 aliphatic heterocycles. The van der Waals surface area contributed by atoms with Crippen LogP contribution in [0.2, 0.25) is 0 Å². The molecule has 0 unspecified atom stereocenters. The Bertz CT molecular complexity index is 775. The summed E-state index contributed by atoms with van der Waals surface area (Å²) >= 11 is 0. The highest BCUT2D eigenvalue weighted by molar-refractivity contribution is 5.85. The van der Waals surface area contributed by atoms with Crippen molar-refractivity contribution in [3.8, 4) is 0 Å². The van der Waals surface area contributed by atoms with Gasteiger partial charge in [-0.25, -0.2) is 4.79 Å². The highest BCUT2D eigenvalue weighted by atomic mass is 16.5. The van der Waals surface area contributed by atoms with E-state index < -0.39 is 6.09 Å². The van der Waals surface area contributed by atoms with E-state index in [2.05, 4.69) is 14.8 Å². The monoisotopic (exact) mass is 359 g/mol. The molecule has 2 aromatic rings. The van der Waals surface area contributed by atoms with Crippen LogP contribution in [-0.2, 0) is 20.7 Å². The Morgan fingerprint density at radius 1 is 0.962 bits per heavy atom. The molecule has 0 aliphatic carbocycles. The Balaban J connectivity index is 0.000000314. The first-order valence-electron chi connectivity index (χ1n) is 7.89.